The molecule has 0 radical (unpaired) electrons. The summed E-state index contributed by atoms with van der Waals surface area (Å²) in [5, 5.41) is 5.63. The fourth-order valence-corrected chi connectivity index (χ4v) is 4.42. The highest BCUT2D eigenvalue weighted by molar-refractivity contribution is 8.00. The van der Waals surface area contributed by atoms with E-state index in [0.717, 1.165) is 39.4 Å². The average Bonchev–Trinajstić information content (AvgIpc) is 2.75. The molecule has 3 aromatic rings. The molecule has 0 aliphatic carbocycles. The van der Waals surface area contributed by atoms with E-state index in [0.29, 0.717) is 6.42 Å². The predicted molar refractivity (Wildman–Crippen MR) is 130 cm³/mol. The number of thioether (sulfide) groups is 1. The van der Waals surface area contributed by atoms with Crippen LogP contribution in [0.1, 0.15) is 41.7 Å². The Labute approximate surface area is 188 Å². The molecule has 0 aliphatic heterocycles. The van der Waals surface area contributed by atoms with Gasteiger partial charge in [-0.3, -0.25) is 9.59 Å². The van der Waals surface area contributed by atoms with E-state index in [4.69, 9.17) is 0 Å². The van der Waals surface area contributed by atoms with Gasteiger partial charge in [-0.05, 0) is 55.2 Å². The summed E-state index contributed by atoms with van der Waals surface area (Å²) in [4.78, 5) is 26.2. The highest BCUT2D eigenvalue weighted by atomic mass is 32.2. The lowest BCUT2D eigenvalue weighted by molar-refractivity contribution is -0.116. The summed E-state index contributed by atoms with van der Waals surface area (Å²) < 4.78 is 0. The Hall–Kier alpha value is -3.05. The minimum atomic E-state index is -0.429. The van der Waals surface area contributed by atoms with Crippen LogP contribution in [0.2, 0.25) is 0 Å². The molecule has 5 heteroatoms. The topological polar surface area (TPSA) is 58.2 Å². The van der Waals surface area contributed by atoms with Crippen molar-refractivity contribution in [1.82, 2.24) is 0 Å². The molecule has 31 heavy (non-hydrogen) atoms. The third-order valence-electron chi connectivity index (χ3n) is 4.92. The third kappa shape index (κ3) is 6.22. The number of hydrogen-bond acceptors (Lipinski definition) is 3. The molecule has 160 valence electrons. The van der Waals surface area contributed by atoms with E-state index < -0.39 is 5.25 Å². The second-order valence-electron chi connectivity index (χ2n) is 7.49. The number of nitrogens with one attached hydrogen (secondary N) is 2. The van der Waals surface area contributed by atoms with Gasteiger partial charge in [-0.1, -0.05) is 61.5 Å². The van der Waals surface area contributed by atoms with Crippen LogP contribution in [0.25, 0.3) is 0 Å². The fourth-order valence-electron chi connectivity index (χ4n) is 3.33. The molecule has 2 N–H and O–H groups in total. The van der Waals surface area contributed by atoms with Gasteiger partial charge in [-0.25, -0.2) is 0 Å². The maximum Gasteiger partial charge on any atom is 0.242 e. The maximum atomic E-state index is 13.4. The molecule has 0 spiro atoms. The Bertz CT molecular complexity index is 1030. The van der Waals surface area contributed by atoms with Crippen LogP contribution in [-0.2, 0) is 9.59 Å². The molecule has 0 saturated heterocycles. The van der Waals surface area contributed by atoms with Crippen molar-refractivity contribution >= 4 is 35.0 Å². The SMILES string of the molecule is CCCC(=O)Nc1cccc(SC(C(=O)Nc2c(C)cccc2C)c2ccccc2)c1. The van der Waals surface area contributed by atoms with Crippen LogP contribution in [0, 0.1) is 13.8 Å². The van der Waals surface area contributed by atoms with Gasteiger partial charge >= 0.3 is 0 Å². The van der Waals surface area contributed by atoms with Gasteiger partial charge in [0.15, 0.2) is 0 Å². The summed E-state index contributed by atoms with van der Waals surface area (Å²) in [6, 6.07) is 23.4. The zero-order valence-corrected chi connectivity index (χ0v) is 19.0. The van der Waals surface area contributed by atoms with Crippen molar-refractivity contribution < 1.29 is 9.59 Å². The van der Waals surface area contributed by atoms with Gasteiger partial charge in [0.2, 0.25) is 11.8 Å². The van der Waals surface area contributed by atoms with E-state index in [9.17, 15) is 9.59 Å². The Kier molecular flexibility index (Phi) is 7.90. The van der Waals surface area contributed by atoms with Crippen LogP contribution in [0.3, 0.4) is 0 Å². The largest absolute Gasteiger partial charge is 0.326 e. The summed E-state index contributed by atoms with van der Waals surface area (Å²) in [5.74, 6) is -0.0777. The van der Waals surface area contributed by atoms with Gasteiger partial charge in [0.25, 0.3) is 0 Å². The Morgan fingerprint density at radius 3 is 2.23 bits per heavy atom. The normalized spacial score (nSPS) is 11.6. The summed E-state index contributed by atoms with van der Waals surface area (Å²) in [7, 11) is 0. The second-order valence-corrected chi connectivity index (χ2v) is 8.67. The molecule has 2 amide bonds. The minimum Gasteiger partial charge on any atom is -0.326 e. The summed E-state index contributed by atoms with van der Waals surface area (Å²) in [6.07, 6.45) is 1.29. The van der Waals surface area contributed by atoms with Gasteiger partial charge in [0, 0.05) is 22.7 Å². The third-order valence-corrected chi connectivity index (χ3v) is 6.17. The van der Waals surface area contributed by atoms with Crippen LogP contribution < -0.4 is 10.6 Å². The van der Waals surface area contributed by atoms with Crippen molar-refractivity contribution in [2.45, 2.75) is 43.8 Å². The maximum absolute atomic E-state index is 13.4. The first-order valence-electron chi connectivity index (χ1n) is 10.5. The molecule has 0 aliphatic rings. The number of hydrogen-bond donors (Lipinski definition) is 2. The van der Waals surface area contributed by atoms with Gasteiger partial charge in [-0.15, -0.1) is 11.8 Å². The van der Waals surface area contributed by atoms with Crippen LogP contribution in [0.15, 0.2) is 77.7 Å². The molecule has 1 unspecified atom stereocenters. The lowest BCUT2D eigenvalue weighted by Gasteiger charge is -2.19. The monoisotopic (exact) mass is 432 g/mol. The highest BCUT2D eigenvalue weighted by Gasteiger charge is 2.23. The Morgan fingerprint density at radius 2 is 1.55 bits per heavy atom. The lowest BCUT2D eigenvalue weighted by Crippen LogP contribution is -2.20. The Balaban J connectivity index is 1.85. The zero-order valence-electron chi connectivity index (χ0n) is 18.1. The molecular formula is C26H28N2O2S. The number of amides is 2. The highest BCUT2D eigenvalue weighted by Crippen LogP contribution is 2.37. The molecule has 0 aromatic heterocycles. The smallest absolute Gasteiger partial charge is 0.242 e. The quantitative estimate of drug-likeness (QED) is 0.399. The number of para-hydroxylation sites is 1. The molecule has 0 heterocycles. The molecule has 1 atom stereocenters. The molecule has 3 aromatic carbocycles. The van der Waals surface area contributed by atoms with Crippen LogP contribution in [0.5, 0.6) is 0 Å². The minimum absolute atomic E-state index is 0.00275. The summed E-state index contributed by atoms with van der Waals surface area (Å²) in [6.45, 7) is 5.97. The Morgan fingerprint density at radius 1 is 0.871 bits per heavy atom. The number of carbonyl (C=O) groups is 2. The molecule has 0 fully saturated rings. The van der Waals surface area contributed by atoms with Gasteiger partial charge in [0.1, 0.15) is 5.25 Å². The molecule has 3 rings (SSSR count). The van der Waals surface area contributed by atoms with Crippen molar-refractivity contribution in [2.75, 3.05) is 10.6 Å². The number of benzene rings is 3. The van der Waals surface area contributed by atoms with Crippen LogP contribution >= 0.6 is 11.8 Å². The van der Waals surface area contributed by atoms with E-state index in [1.54, 1.807) is 0 Å². The van der Waals surface area contributed by atoms with E-state index >= 15 is 0 Å². The second kappa shape index (κ2) is 10.8. The van der Waals surface area contributed by atoms with Gasteiger partial charge < -0.3 is 10.6 Å². The van der Waals surface area contributed by atoms with Crippen LogP contribution in [-0.4, -0.2) is 11.8 Å². The molecule has 0 bridgehead atoms. The number of rotatable bonds is 8. The lowest BCUT2D eigenvalue weighted by atomic mass is 10.1. The van der Waals surface area contributed by atoms with Crippen molar-refractivity contribution in [1.29, 1.82) is 0 Å². The van der Waals surface area contributed by atoms with Crippen LogP contribution in [0.4, 0.5) is 11.4 Å². The van der Waals surface area contributed by atoms with E-state index in [1.807, 2.05) is 93.6 Å². The van der Waals surface area contributed by atoms with Crippen molar-refractivity contribution in [2.24, 2.45) is 0 Å². The first kappa shape index (κ1) is 22.6. The van der Waals surface area contributed by atoms with Gasteiger partial charge in [-0.2, -0.15) is 0 Å². The van der Waals surface area contributed by atoms with Gasteiger partial charge in [0.05, 0.1) is 0 Å². The molecule has 4 nitrogen and oxygen atoms in total. The average molecular weight is 433 g/mol. The molecular weight excluding hydrogens is 404 g/mol. The van der Waals surface area contributed by atoms with Crippen molar-refractivity contribution in [3.63, 3.8) is 0 Å². The number of anilines is 2. The fraction of sp³-hybridized carbons (Fsp3) is 0.231. The number of carbonyl (C=O) groups excluding carboxylic acids is 2. The summed E-state index contributed by atoms with van der Waals surface area (Å²) in [5.41, 5.74) is 4.59. The standard InChI is InChI=1S/C26H28N2O2S/c1-4-10-23(29)27-21-15-9-16-22(17-21)31-25(20-13-6-5-7-14-20)26(30)28-24-18(2)11-8-12-19(24)3/h5-9,11-17,25H,4,10H2,1-3H3,(H,27,29)(H,28,30). The first-order valence-corrected chi connectivity index (χ1v) is 11.3. The van der Waals surface area contributed by atoms with Crippen molar-refractivity contribution in [3.05, 3.63) is 89.5 Å². The number of aryl methyl sites for hydroxylation is 2. The first-order chi connectivity index (χ1) is 15.0. The van der Waals surface area contributed by atoms with E-state index in [-0.39, 0.29) is 11.8 Å². The van der Waals surface area contributed by atoms with Crippen molar-refractivity contribution in [3.8, 4) is 0 Å². The predicted octanol–water partition coefficient (Wildman–Crippen LogP) is 6.51. The zero-order chi connectivity index (χ0) is 22.2. The van der Waals surface area contributed by atoms with E-state index in [1.165, 1.54) is 11.8 Å². The van der Waals surface area contributed by atoms with E-state index in [2.05, 4.69) is 10.6 Å². The molecule has 0 saturated carbocycles. The summed E-state index contributed by atoms with van der Waals surface area (Å²) >= 11 is 1.47.